The molecule has 13 aromatic rings. The minimum Gasteiger partial charge on any atom is -0.295 e. The minimum atomic E-state index is -2.99. The van der Waals surface area contributed by atoms with Crippen LogP contribution in [-0.2, 0) is 0 Å². The van der Waals surface area contributed by atoms with Gasteiger partial charge >= 0.3 is 0 Å². The van der Waals surface area contributed by atoms with E-state index in [1.54, 1.807) is 0 Å². The smallest absolute Gasteiger partial charge is 0.238 e. The Morgan fingerprint density at radius 2 is 0.530 bits per heavy atom. The molecule has 2 aliphatic rings. The molecule has 3 aromatic heterocycles. The molecule has 392 valence electrons. The summed E-state index contributed by atoms with van der Waals surface area (Å²) in [5.41, 5.74) is 10.5. The molecule has 0 N–H and O–H groups in total. The molecule has 0 amide bonds. The van der Waals surface area contributed by atoms with Gasteiger partial charge in [0.2, 0.25) is 5.95 Å². The molecule has 7 nitrogen and oxygen atoms in total. The Morgan fingerprint density at radius 1 is 0.265 bits per heavy atom. The van der Waals surface area contributed by atoms with Crippen LogP contribution >= 0.6 is 0 Å². The molecule has 83 heavy (non-hydrogen) atoms. The lowest BCUT2D eigenvalue weighted by molar-refractivity contribution is 1.04. The van der Waals surface area contributed by atoms with Crippen LogP contribution in [0.4, 0.5) is 51.7 Å². The van der Waals surface area contributed by atoms with Crippen LogP contribution in [0.15, 0.2) is 322 Å². The maximum Gasteiger partial charge on any atom is 0.238 e. The average Bonchev–Trinajstić information content (AvgIpc) is 2.87. The van der Waals surface area contributed by atoms with Gasteiger partial charge < -0.3 is 0 Å². The van der Waals surface area contributed by atoms with Crippen LogP contribution in [0.3, 0.4) is 0 Å². The number of hydrogen-bond acceptors (Lipinski definition) is 7. The first-order chi connectivity index (χ1) is 41.2. The molecule has 0 spiro atoms. The Kier molecular flexibility index (Phi) is 12.4. The number of para-hydroxylation sites is 4. The Balaban J connectivity index is 1.02. The lowest BCUT2D eigenvalue weighted by Gasteiger charge is -2.45. The molecule has 0 atom stereocenters. The van der Waals surface area contributed by atoms with Crippen molar-refractivity contribution in [3.63, 3.8) is 0 Å². The number of anilines is 9. The van der Waals surface area contributed by atoms with Crippen LogP contribution < -0.4 is 56.2 Å². The second-order valence-corrected chi connectivity index (χ2v) is 28.5. The maximum atomic E-state index is 5.91. The number of aromatic nitrogens is 4. The Labute approximate surface area is 485 Å². The van der Waals surface area contributed by atoms with Crippen molar-refractivity contribution in [2.24, 2.45) is 0 Å². The number of pyridine rings is 2. The highest BCUT2D eigenvalue weighted by atomic mass is 28.3. The maximum absolute atomic E-state index is 5.91. The van der Waals surface area contributed by atoms with Gasteiger partial charge in [-0.25, -0.2) is 0 Å². The fourth-order valence-electron chi connectivity index (χ4n) is 13.1. The predicted molar refractivity (Wildman–Crippen MR) is 347 cm³/mol. The Bertz CT molecular complexity index is 3980. The molecule has 0 bridgehead atoms. The summed E-state index contributed by atoms with van der Waals surface area (Å²) in [5.74, 6) is 1.97. The van der Waals surface area contributed by atoms with Crippen molar-refractivity contribution in [3.05, 3.63) is 322 Å². The molecular formula is C74H53N7Si2. The summed E-state index contributed by atoms with van der Waals surface area (Å²) in [4.78, 5) is 27.5. The van der Waals surface area contributed by atoms with Crippen LogP contribution in [0.1, 0.15) is 0 Å². The van der Waals surface area contributed by atoms with Crippen LogP contribution in [0.2, 0.25) is 0 Å². The monoisotopic (exact) mass is 1100 g/mol. The molecule has 2 aliphatic heterocycles. The van der Waals surface area contributed by atoms with Crippen molar-refractivity contribution in [3.8, 4) is 22.3 Å². The zero-order valence-corrected chi connectivity index (χ0v) is 47.2. The van der Waals surface area contributed by atoms with Gasteiger partial charge in [0.1, 0.15) is 11.6 Å². The SMILES string of the molecule is c1ccc([Si]2(c3ccccc3)c3ccccc3N(c3cc(N4c5ccccc5[Si](c5ccccc5)(c5ccccc5)c5ccccc54)nc(N(c4ccc(-c5ccncc5)cc4)c4ccc(-c5ccncc5)cc4)n3)c3ccccc32)cc1. The summed E-state index contributed by atoms with van der Waals surface area (Å²) in [5, 5.41) is 10.4. The second-order valence-electron chi connectivity index (χ2n) is 21.0. The van der Waals surface area contributed by atoms with E-state index in [4.69, 9.17) is 9.97 Å². The van der Waals surface area contributed by atoms with E-state index in [2.05, 4.69) is 298 Å². The van der Waals surface area contributed by atoms with Gasteiger partial charge in [-0.1, -0.05) is 218 Å². The third-order valence-corrected chi connectivity index (χ3v) is 26.4. The molecule has 0 unspecified atom stereocenters. The highest BCUT2D eigenvalue weighted by Crippen LogP contribution is 2.45. The van der Waals surface area contributed by atoms with E-state index < -0.39 is 16.1 Å². The lowest BCUT2D eigenvalue weighted by atomic mass is 10.1. The molecule has 5 heterocycles. The van der Waals surface area contributed by atoms with Crippen LogP contribution in [-0.4, -0.2) is 36.1 Å². The first-order valence-corrected chi connectivity index (χ1v) is 32.1. The summed E-state index contributed by atoms with van der Waals surface area (Å²) in [6, 6.07) is 109. The molecule has 0 saturated heterocycles. The largest absolute Gasteiger partial charge is 0.295 e. The van der Waals surface area contributed by atoms with Crippen molar-refractivity contribution >= 4 is 109 Å². The van der Waals surface area contributed by atoms with E-state index in [1.807, 2.05) is 49.1 Å². The van der Waals surface area contributed by atoms with E-state index >= 15 is 0 Å². The summed E-state index contributed by atoms with van der Waals surface area (Å²) in [7, 11) is -5.98. The molecule has 10 aromatic carbocycles. The van der Waals surface area contributed by atoms with Gasteiger partial charge in [0, 0.05) is 65.0 Å². The van der Waals surface area contributed by atoms with Gasteiger partial charge in [-0.3, -0.25) is 24.7 Å². The quantitative estimate of drug-likeness (QED) is 0.120. The van der Waals surface area contributed by atoms with Crippen LogP contribution in [0.5, 0.6) is 0 Å². The van der Waals surface area contributed by atoms with Crippen LogP contribution in [0.25, 0.3) is 22.3 Å². The van der Waals surface area contributed by atoms with E-state index in [1.165, 1.54) is 41.5 Å². The third-order valence-electron chi connectivity index (χ3n) is 16.6. The van der Waals surface area contributed by atoms with E-state index in [0.29, 0.717) is 5.95 Å². The van der Waals surface area contributed by atoms with Crippen LogP contribution in [0, 0.1) is 0 Å². The van der Waals surface area contributed by atoms with Gasteiger partial charge in [-0.2, -0.15) is 9.97 Å². The molecule has 9 heteroatoms. The van der Waals surface area contributed by atoms with Crippen molar-refractivity contribution < 1.29 is 0 Å². The Morgan fingerprint density at radius 3 is 0.831 bits per heavy atom. The fraction of sp³-hybridized carbons (Fsp3) is 0. The zero-order chi connectivity index (χ0) is 55.2. The standard InChI is InChI=1S/C74H53N7Si2/c1-5-21-60(22-6-1)82(61-23-7-2-8-24-61)68-33-17-13-29-64(68)80(65-30-14-18-34-69(65)82)72-53-73(81-66-31-15-19-35-70(66)83(62-25-9-3-10-26-62,63-27-11-4-12-28-63)71-36-20-16-32-67(71)81)78-74(77-72)79(58-41-37-54(38-42-58)56-45-49-75-50-46-56)59-43-39-55(40-44-59)57-47-51-76-52-48-57/h1-53H. The highest BCUT2D eigenvalue weighted by Gasteiger charge is 2.51. The normalized spacial score (nSPS) is 13.4. The van der Waals surface area contributed by atoms with Crippen molar-refractivity contribution in [2.45, 2.75) is 0 Å². The van der Waals surface area contributed by atoms with Crippen molar-refractivity contribution in [1.29, 1.82) is 0 Å². The first kappa shape index (κ1) is 49.5. The predicted octanol–water partition coefficient (Wildman–Crippen LogP) is 12.4. The van der Waals surface area contributed by atoms with E-state index in [0.717, 1.165) is 68.0 Å². The molecular weight excluding hydrogens is 1040 g/mol. The Hall–Kier alpha value is -10.6. The highest BCUT2D eigenvalue weighted by molar-refractivity contribution is 7.22. The van der Waals surface area contributed by atoms with Gasteiger partial charge in [-0.05, 0) is 137 Å². The summed E-state index contributed by atoms with van der Waals surface area (Å²) < 4.78 is 0. The number of nitrogens with zero attached hydrogens (tertiary/aromatic N) is 7. The summed E-state index contributed by atoms with van der Waals surface area (Å²) in [6.45, 7) is 0. The third kappa shape index (κ3) is 8.15. The lowest BCUT2D eigenvalue weighted by Crippen LogP contribution is -2.77. The average molecular weight is 1100 g/mol. The van der Waals surface area contributed by atoms with E-state index in [9.17, 15) is 0 Å². The van der Waals surface area contributed by atoms with Crippen molar-refractivity contribution in [2.75, 3.05) is 14.7 Å². The zero-order valence-electron chi connectivity index (χ0n) is 45.2. The minimum absolute atomic E-state index is 0.510. The molecule has 0 aliphatic carbocycles. The second kappa shape index (κ2) is 20.8. The number of fused-ring (bicyclic) bond motifs is 4. The molecule has 0 radical (unpaired) electrons. The van der Waals surface area contributed by atoms with Gasteiger partial charge in [-0.15, -0.1) is 0 Å². The van der Waals surface area contributed by atoms with Crippen molar-refractivity contribution in [1.82, 2.24) is 19.9 Å². The van der Waals surface area contributed by atoms with Gasteiger partial charge in [0.15, 0.2) is 16.1 Å². The van der Waals surface area contributed by atoms with Gasteiger partial charge in [0.25, 0.3) is 0 Å². The molecule has 0 saturated carbocycles. The molecule has 0 fully saturated rings. The van der Waals surface area contributed by atoms with Gasteiger partial charge in [0.05, 0.1) is 0 Å². The topological polar surface area (TPSA) is 61.3 Å². The molecule has 15 rings (SSSR count). The number of rotatable bonds is 11. The fourth-order valence-corrected chi connectivity index (χ4v) is 23.3. The number of hydrogen-bond donors (Lipinski definition) is 0. The first-order valence-electron chi connectivity index (χ1n) is 28.1. The van der Waals surface area contributed by atoms with E-state index in [-0.39, 0.29) is 0 Å². The summed E-state index contributed by atoms with van der Waals surface area (Å²) in [6.07, 6.45) is 7.36. The summed E-state index contributed by atoms with van der Waals surface area (Å²) >= 11 is 0. The number of benzene rings is 10.